The molecule has 0 N–H and O–H groups in total. The van der Waals surface area contributed by atoms with Crippen LogP contribution in [0.15, 0.2) is 84.9 Å². The van der Waals surface area contributed by atoms with Gasteiger partial charge >= 0.3 is 0 Å². The molecule has 0 aliphatic rings. The standard InChI is InChI=1S/C54H78O4/c1-51(2,3)43-33-44(52(4,5)6)36-49(35-43)57-39-41-23-27-47(28-24-41)55-31-21-19-17-15-13-14-16-18-20-22-32-56-48-29-25-42(26-30-48)40-58-50-37-45(53(7,8)9)34-46(38-50)54(10,11)12/h23-30,33-38H,13-22,31-32,39-40H2,1-12H3. The summed E-state index contributed by atoms with van der Waals surface area (Å²) in [6.45, 7) is 29.7. The van der Waals surface area contributed by atoms with Gasteiger partial charge in [-0.15, -0.1) is 0 Å². The quantitative estimate of drug-likeness (QED) is 0.0788. The van der Waals surface area contributed by atoms with Crippen LogP contribution in [0.25, 0.3) is 0 Å². The Hall–Kier alpha value is -3.92. The maximum absolute atomic E-state index is 6.29. The molecule has 4 aromatic carbocycles. The summed E-state index contributed by atoms with van der Waals surface area (Å²) in [5, 5.41) is 0. The maximum atomic E-state index is 6.29. The van der Waals surface area contributed by atoms with Crippen molar-refractivity contribution in [3.05, 3.63) is 118 Å². The van der Waals surface area contributed by atoms with Crippen molar-refractivity contribution in [2.24, 2.45) is 0 Å². The van der Waals surface area contributed by atoms with Crippen molar-refractivity contribution in [2.75, 3.05) is 13.2 Å². The van der Waals surface area contributed by atoms with Gasteiger partial charge in [0, 0.05) is 0 Å². The predicted octanol–water partition coefficient (Wildman–Crippen LogP) is 15.4. The van der Waals surface area contributed by atoms with Crippen LogP contribution in [0.2, 0.25) is 0 Å². The molecule has 58 heavy (non-hydrogen) atoms. The van der Waals surface area contributed by atoms with E-state index >= 15 is 0 Å². The van der Waals surface area contributed by atoms with E-state index in [1.165, 1.54) is 73.6 Å². The molecule has 4 nitrogen and oxygen atoms in total. The Morgan fingerprint density at radius 2 is 0.552 bits per heavy atom. The van der Waals surface area contributed by atoms with Gasteiger partial charge in [-0.05, 0) is 116 Å². The molecule has 4 aromatic rings. The van der Waals surface area contributed by atoms with Crippen LogP contribution in [-0.2, 0) is 34.9 Å². The third kappa shape index (κ3) is 16.4. The molecule has 0 saturated carbocycles. The minimum absolute atomic E-state index is 0.0717. The molecule has 0 aliphatic carbocycles. The highest BCUT2D eigenvalue weighted by molar-refractivity contribution is 5.42. The smallest absolute Gasteiger partial charge is 0.120 e. The zero-order chi connectivity index (χ0) is 42.4. The molecule has 0 aromatic heterocycles. The Bertz CT molecular complexity index is 1590. The number of benzene rings is 4. The van der Waals surface area contributed by atoms with Crippen LogP contribution in [0, 0.1) is 0 Å². The molecule has 0 heterocycles. The highest BCUT2D eigenvalue weighted by atomic mass is 16.5. The van der Waals surface area contributed by atoms with E-state index in [1.807, 2.05) is 0 Å². The zero-order valence-electron chi connectivity index (χ0n) is 38.6. The van der Waals surface area contributed by atoms with E-state index in [1.54, 1.807) is 0 Å². The average molecular weight is 791 g/mol. The third-order valence-electron chi connectivity index (χ3n) is 11.0. The van der Waals surface area contributed by atoms with Gasteiger partial charge in [0.05, 0.1) is 13.2 Å². The van der Waals surface area contributed by atoms with Crippen LogP contribution in [0.4, 0.5) is 0 Å². The number of unbranched alkanes of at least 4 members (excludes halogenated alkanes) is 9. The third-order valence-corrected chi connectivity index (χ3v) is 11.0. The van der Waals surface area contributed by atoms with Crippen molar-refractivity contribution >= 4 is 0 Å². The number of hydrogen-bond acceptors (Lipinski definition) is 4. The van der Waals surface area contributed by atoms with Crippen LogP contribution in [-0.4, -0.2) is 13.2 Å². The molecule has 4 heteroatoms. The molecule has 0 radical (unpaired) electrons. The first-order chi connectivity index (χ1) is 27.3. The Kier molecular flexibility index (Phi) is 17.2. The predicted molar refractivity (Wildman–Crippen MR) is 246 cm³/mol. The van der Waals surface area contributed by atoms with Gasteiger partial charge in [0.15, 0.2) is 0 Å². The minimum atomic E-state index is 0.0717. The number of ether oxygens (including phenoxy) is 4. The van der Waals surface area contributed by atoms with Crippen molar-refractivity contribution in [3.63, 3.8) is 0 Å². The van der Waals surface area contributed by atoms with E-state index in [-0.39, 0.29) is 21.7 Å². The summed E-state index contributed by atoms with van der Waals surface area (Å²) < 4.78 is 24.7. The molecule has 0 aliphatic heterocycles. The van der Waals surface area contributed by atoms with Gasteiger partial charge in [0.1, 0.15) is 36.2 Å². The second kappa shape index (κ2) is 21.4. The van der Waals surface area contributed by atoms with Crippen molar-refractivity contribution in [2.45, 2.75) is 182 Å². The molecule has 318 valence electrons. The van der Waals surface area contributed by atoms with Crippen molar-refractivity contribution in [1.82, 2.24) is 0 Å². The van der Waals surface area contributed by atoms with Crippen LogP contribution in [0.1, 0.15) is 181 Å². The van der Waals surface area contributed by atoms with Gasteiger partial charge < -0.3 is 18.9 Å². The van der Waals surface area contributed by atoms with Gasteiger partial charge in [-0.1, -0.05) is 171 Å². The van der Waals surface area contributed by atoms with Crippen molar-refractivity contribution < 1.29 is 18.9 Å². The summed E-state index contributed by atoms with van der Waals surface area (Å²) in [5.74, 6) is 3.75. The SMILES string of the molecule is CC(C)(C)c1cc(OCc2ccc(OCCCCCCCCCCCCOc3ccc(COc4cc(C(C)(C)C)cc(C(C)(C)C)c4)cc3)cc2)cc(C(C)(C)C)c1. The molecule has 0 fully saturated rings. The first-order valence-electron chi connectivity index (χ1n) is 22.3. The molecular weight excluding hydrogens is 713 g/mol. The fourth-order valence-corrected chi connectivity index (χ4v) is 6.79. The van der Waals surface area contributed by atoms with Gasteiger partial charge in [-0.2, -0.15) is 0 Å². The highest BCUT2D eigenvalue weighted by Gasteiger charge is 2.22. The van der Waals surface area contributed by atoms with Crippen molar-refractivity contribution in [3.8, 4) is 23.0 Å². The van der Waals surface area contributed by atoms with Crippen molar-refractivity contribution in [1.29, 1.82) is 0 Å². The lowest BCUT2D eigenvalue weighted by molar-refractivity contribution is 0.298. The molecule has 0 unspecified atom stereocenters. The minimum Gasteiger partial charge on any atom is -0.494 e. The zero-order valence-corrected chi connectivity index (χ0v) is 38.6. The first-order valence-corrected chi connectivity index (χ1v) is 22.3. The summed E-state index contributed by atoms with van der Waals surface area (Å²) >= 11 is 0. The maximum Gasteiger partial charge on any atom is 0.120 e. The Morgan fingerprint density at radius 1 is 0.293 bits per heavy atom. The van der Waals surface area contributed by atoms with Crippen LogP contribution in [0.3, 0.4) is 0 Å². The van der Waals surface area contributed by atoms with Crippen LogP contribution in [0.5, 0.6) is 23.0 Å². The number of rotatable bonds is 21. The van der Waals surface area contributed by atoms with Gasteiger partial charge in [-0.25, -0.2) is 0 Å². The molecule has 0 spiro atoms. The molecular formula is C54H78O4. The fourth-order valence-electron chi connectivity index (χ4n) is 6.79. The molecule has 0 atom stereocenters. The van der Waals surface area contributed by atoms with E-state index < -0.39 is 0 Å². The normalized spacial score (nSPS) is 12.4. The van der Waals surface area contributed by atoms with Crippen LogP contribution >= 0.6 is 0 Å². The van der Waals surface area contributed by atoms with E-state index in [4.69, 9.17) is 18.9 Å². The monoisotopic (exact) mass is 791 g/mol. The fraction of sp³-hybridized carbons (Fsp3) is 0.556. The summed E-state index contributed by atoms with van der Waals surface area (Å²) in [6.07, 6.45) is 12.5. The van der Waals surface area contributed by atoms with Gasteiger partial charge in [0.2, 0.25) is 0 Å². The summed E-state index contributed by atoms with van der Waals surface area (Å²) in [4.78, 5) is 0. The summed E-state index contributed by atoms with van der Waals surface area (Å²) in [6, 6.07) is 30.2. The Labute approximate surface area is 354 Å². The first kappa shape index (κ1) is 46.8. The molecule has 0 bridgehead atoms. The topological polar surface area (TPSA) is 36.9 Å². The van der Waals surface area contributed by atoms with Crippen LogP contribution < -0.4 is 18.9 Å². The van der Waals surface area contributed by atoms with E-state index in [0.29, 0.717) is 13.2 Å². The lowest BCUT2D eigenvalue weighted by Gasteiger charge is -2.26. The second-order valence-electron chi connectivity index (χ2n) is 20.6. The number of hydrogen-bond donors (Lipinski definition) is 0. The molecule has 0 amide bonds. The van der Waals surface area contributed by atoms with Gasteiger partial charge in [0.25, 0.3) is 0 Å². The molecule has 4 rings (SSSR count). The van der Waals surface area contributed by atoms with E-state index in [0.717, 1.165) is 60.2 Å². The van der Waals surface area contributed by atoms with E-state index in [9.17, 15) is 0 Å². The lowest BCUT2D eigenvalue weighted by Crippen LogP contribution is -2.16. The Morgan fingerprint density at radius 3 is 0.810 bits per heavy atom. The lowest BCUT2D eigenvalue weighted by atomic mass is 9.80. The average Bonchev–Trinajstić information content (AvgIpc) is 3.15. The second-order valence-corrected chi connectivity index (χ2v) is 20.6. The molecule has 0 saturated heterocycles. The Balaban J connectivity index is 0.999. The highest BCUT2D eigenvalue weighted by Crippen LogP contribution is 2.35. The van der Waals surface area contributed by atoms with Gasteiger partial charge in [-0.3, -0.25) is 0 Å². The summed E-state index contributed by atoms with van der Waals surface area (Å²) in [7, 11) is 0. The van der Waals surface area contributed by atoms with E-state index in [2.05, 4.69) is 168 Å². The largest absolute Gasteiger partial charge is 0.494 e. The summed E-state index contributed by atoms with van der Waals surface area (Å²) in [5.41, 5.74) is 7.81.